The van der Waals surface area contributed by atoms with E-state index in [9.17, 15) is 23.5 Å². The van der Waals surface area contributed by atoms with Gasteiger partial charge < -0.3 is 20.1 Å². The number of aliphatic hydroxyl groups is 1. The van der Waals surface area contributed by atoms with E-state index in [0.29, 0.717) is 19.5 Å². The SMILES string of the molecule is COC(=O)CCCCCCN1C(=O)NC[C@@H]1C=CC(O)C(F)(F)c1ccccc1. The molecule has 0 bridgehead atoms. The summed E-state index contributed by atoms with van der Waals surface area (Å²) in [7, 11) is 1.36. The van der Waals surface area contributed by atoms with Gasteiger partial charge in [-0.15, -0.1) is 0 Å². The van der Waals surface area contributed by atoms with E-state index in [2.05, 4.69) is 10.1 Å². The highest BCUT2D eigenvalue weighted by molar-refractivity contribution is 5.77. The number of aliphatic hydroxyl groups excluding tert-OH is 1. The predicted octanol–water partition coefficient (Wildman–Crippen LogP) is 3.21. The van der Waals surface area contributed by atoms with Crippen LogP contribution in [0.15, 0.2) is 42.5 Å². The fourth-order valence-electron chi connectivity index (χ4n) is 3.19. The van der Waals surface area contributed by atoms with Crippen molar-refractivity contribution in [2.75, 3.05) is 20.2 Å². The standard InChI is InChI=1S/C21H28F2N2O4/c1-29-19(27)11-7-2-3-8-14-25-17(15-24-20(25)28)12-13-18(26)21(22,23)16-9-5-4-6-10-16/h4-6,9-10,12-13,17-18,26H,2-3,7-8,11,14-15H2,1H3,(H,24,28)/t17-,18?/m0/s1. The molecule has 29 heavy (non-hydrogen) atoms. The smallest absolute Gasteiger partial charge is 0.318 e. The van der Waals surface area contributed by atoms with Crippen molar-refractivity contribution in [1.29, 1.82) is 0 Å². The molecule has 8 heteroatoms. The molecular weight excluding hydrogens is 382 g/mol. The molecule has 0 spiro atoms. The maximum atomic E-state index is 14.4. The van der Waals surface area contributed by atoms with Gasteiger partial charge in [-0.2, -0.15) is 8.78 Å². The van der Waals surface area contributed by atoms with E-state index < -0.39 is 18.1 Å². The molecule has 0 aromatic heterocycles. The quantitative estimate of drug-likeness (QED) is 0.334. The van der Waals surface area contributed by atoms with E-state index >= 15 is 0 Å². The molecule has 160 valence electrons. The van der Waals surface area contributed by atoms with E-state index in [1.54, 1.807) is 11.0 Å². The molecule has 1 fully saturated rings. The van der Waals surface area contributed by atoms with Crippen LogP contribution in [0.4, 0.5) is 13.6 Å². The van der Waals surface area contributed by atoms with E-state index in [1.165, 1.54) is 37.5 Å². The molecule has 2 amide bonds. The van der Waals surface area contributed by atoms with Crippen LogP contribution in [0.5, 0.6) is 0 Å². The second-order valence-electron chi connectivity index (χ2n) is 7.01. The average molecular weight is 410 g/mol. The lowest BCUT2D eigenvalue weighted by molar-refractivity contribution is -0.140. The van der Waals surface area contributed by atoms with Gasteiger partial charge >= 0.3 is 17.9 Å². The molecule has 0 radical (unpaired) electrons. The largest absolute Gasteiger partial charge is 0.469 e. The molecule has 0 saturated carbocycles. The van der Waals surface area contributed by atoms with Crippen molar-refractivity contribution in [3.05, 3.63) is 48.0 Å². The third kappa shape index (κ3) is 6.52. The minimum Gasteiger partial charge on any atom is -0.469 e. The van der Waals surface area contributed by atoms with Crippen molar-refractivity contribution in [2.45, 2.75) is 50.2 Å². The lowest BCUT2D eigenvalue weighted by Gasteiger charge is -2.23. The third-order valence-electron chi connectivity index (χ3n) is 4.93. The van der Waals surface area contributed by atoms with Crippen LogP contribution >= 0.6 is 0 Å². The number of alkyl halides is 2. The van der Waals surface area contributed by atoms with Crippen LogP contribution in [0, 0.1) is 0 Å². The number of halogens is 2. The zero-order valence-corrected chi connectivity index (χ0v) is 16.5. The number of methoxy groups -OCH3 is 1. The Balaban J connectivity index is 1.84. The second kappa shape index (κ2) is 10.9. The van der Waals surface area contributed by atoms with Gasteiger partial charge in [-0.05, 0) is 12.8 Å². The highest BCUT2D eigenvalue weighted by Crippen LogP contribution is 2.32. The number of benzene rings is 1. The molecule has 2 atom stereocenters. The van der Waals surface area contributed by atoms with Crippen molar-refractivity contribution < 1.29 is 28.2 Å². The Kier molecular flexibility index (Phi) is 8.57. The van der Waals surface area contributed by atoms with Gasteiger partial charge in [0.15, 0.2) is 0 Å². The van der Waals surface area contributed by atoms with Gasteiger partial charge in [-0.1, -0.05) is 55.3 Å². The van der Waals surface area contributed by atoms with Gasteiger partial charge in [0, 0.05) is 25.1 Å². The number of carbonyl (C=O) groups is 2. The zero-order valence-electron chi connectivity index (χ0n) is 16.5. The highest BCUT2D eigenvalue weighted by atomic mass is 19.3. The number of hydrogen-bond acceptors (Lipinski definition) is 4. The molecule has 1 saturated heterocycles. The highest BCUT2D eigenvalue weighted by Gasteiger charge is 2.39. The van der Waals surface area contributed by atoms with E-state index in [4.69, 9.17) is 0 Å². The van der Waals surface area contributed by atoms with Crippen molar-refractivity contribution in [1.82, 2.24) is 10.2 Å². The maximum absolute atomic E-state index is 14.4. The number of hydrogen-bond donors (Lipinski definition) is 2. The Morgan fingerprint density at radius 3 is 2.69 bits per heavy atom. The van der Waals surface area contributed by atoms with Crippen LogP contribution in [0.2, 0.25) is 0 Å². The number of esters is 1. The van der Waals surface area contributed by atoms with Crippen LogP contribution in [0.3, 0.4) is 0 Å². The molecular formula is C21H28F2N2O4. The van der Waals surface area contributed by atoms with Crippen LogP contribution in [0.1, 0.15) is 37.7 Å². The molecule has 1 heterocycles. The molecule has 1 aliphatic heterocycles. The fraction of sp³-hybridized carbons (Fsp3) is 0.524. The normalized spacial score (nSPS) is 18.1. The summed E-state index contributed by atoms with van der Waals surface area (Å²) in [5.74, 6) is -3.65. The van der Waals surface area contributed by atoms with Gasteiger partial charge in [0.25, 0.3) is 0 Å². The number of unbranched alkanes of at least 4 members (excludes halogenated alkanes) is 3. The lowest BCUT2D eigenvalue weighted by atomic mass is 10.0. The van der Waals surface area contributed by atoms with Crippen LogP contribution in [-0.2, 0) is 15.5 Å². The molecule has 0 aliphatic carbocycles. The van der Waals surface area contributed by atoms with Crippen LogP contribution in [0.25, 0.3) is 0 Å². The van der Waals surface area contributed by atoms with Gasteiger partial charge in [-0.25, -0.2) is 4.79 Å². The summed E-state index contributed by atoms with van der Waals surface area (Å²) in [6, 6.07) is 6.51. The van der Waals surface area contributed by atoms with E-state index in [-0.39, 0.29) is 17.6 Å². The minimum atomic E-state index is -3.42. The predicted molar refractivity (Wildman–Crippen MR) is 104 cm³/mol. The minimum absolute atomic E-state index is 0.236. The first-order chi connectivity index (χ1) is 13.9. The van der Waals surface area contributed by atoms with Crippen molar-refractivity contribution >= 4 is 12.0 Å². The number of rotatable bonds is 11. The number of nitrogens with zero attached hydrogens (tertiary/aromatic N) is 1. The Labute approximate surface area is 169 Å². The summed E-state index contributed by atoms with van der Waals surface area (Å²) in [6.45, 7) is 0.783. The molecule has 1 aromatic carbocycles. The number of urea groups is 1. The van der Waals surface area contributed by atoms with Crippen molar-refractivity contribution in [3.63, 3.8) is 0 Å². The molecule has 6 nitrogen and oxygen atoms in total. The third-order valence-corrected chi connectivity index (χ3v) is 4.93. The van der Waals surface area contributed by atoms with Crippen LogP contribution < -0.4 is 5.32 Å². The molecule has 2 N–H and O–H groups in total. The average Bonchev–Trinajstić information content (AvgIpc) is 3.08. The number of ether oxygens (including phenoxy) is 1. The Morgan fingerprint density at radius 2 is 2.00 bits per heavy atom. The van der Waals surface area contributed by atoms with E-state index in [1.807, 2.05) is 0 Å². The first kappa shape index (κ1) is 22.8. The van der Waals surface area contributed by atoms with Gasteiger partial charge in [0.05, 0.1) is 13.2 Å². The first-order valence-corrected chi connectivity index (χ1v) is 9.77. The second-order valence-corrected chi connectivity index (χ2v) is 7.01. The number of carbonyl (C=O) groups excluding carboxylic acids is 2. The summed E-state index contributed by atoms with van der Waals surface area (Å²) >= 11 is 0. The van der Waals surface area contributed by atoms with Gasteiger partial charge in [0.1, 0.15) is 6.10 Å². The molecule has 1 unspecified atom stereocenters. The van der Waals surface area contributed by atoms with E-state index in [0.717, 1.165) is 31.8 Å². The van der Waals surface area contributed by atoms with Gasteiger partial charge in [-0.3, -0.25) is 4.79 Å². The van der Waals surface area contributed by atoms with Crippen LogP contribution in [-0.4, -0.2) is 54.4 Å². The topological polar surface area (TPSA) is 78.9 Å². The molecule has 2 rings (SSSR count). The van der Waals surface area contributed by atoms with Crippen molar-refractivity contribution in [2.24, 2.45) is 0 Å². The zero-order chi connectivity index (χ0) is 21.3. The summed E-state index contributed by atoms with van der Waals surface area (Å²) in [4.78, 5) is 24.6. The summed E-state index contributed by atoms with van der Waals surface area (Å²) in [5, 5.41) is 12.7. The molecule has 1 aliphatic rings. The van der Waals surface area contributed by atoms with Gasteiger partial charge in [0.2, 0.25) is 0 Å². The lowest BCUT2D eigenvalue weighted by Crippen LogP contribution is -2.35. The Bertz CT molecular complexity index is 697. The summed E-state index contributed by atoms with van der Waals surface area (Å²) in [6.07, 6.45) is 4.04. The first-order valence-electron chi connectivity index (χ1n) is 9.77. The Hall–Kier alpha value is -2.48. The fourth-order valence-corrected chi connectivity index (χ4v) is 3.19. The number of amides is 2. The molecule has 1 aromatic rings. The van der Waals surface area contributed by atoms with Crippen molar-refractivity contribution in [3.8, 4) is 0 Å². The summed E-state index contributed by atoms with van der Waals surface area (Å²) in [5.41, 5.74) is -0.262. The summed E-state index contributed by atoms with van der Waals surface area (Å²) < 4.78 is 33.3. The number of nitrogens with one attached hydrogen (secondary N) is 1. The maximum Gasteiger partial charge on any atom is 0.318 e. The monoisotopic (exact) mass is 410 g/mol. The Morgan fingerprint density at radius 1 is 1.31 bits per heavy atom.